The number of nitrogens with one attached hydrogen (secondary N) is 2. The molecule has 0 saturated heterocycles. The topological polar surface area (TPSA) is 45.7 Å². The number of hydrazone groups is 1. The quantitative estimate of drug-likeness (QED) is 0.512. The molecule has 0 fully saturated rings. The number of fused-ring (bicyclic) bond motifs is 1. The van der Waals surface area contributed by atoms with E-state index in [0.717, 1.165) is 18.7 Å². The Bertz CT molecular complexity index is 591. The molecular formula is C17H25N3OS2. The summed E-state index contributed by atoms with van der Waals surface area (Å²) in [6, 6.07) is 0.227. The molecule has 0 aliphatic carbocycles. The van der Waals surface area contributed by atoms with Gasteiger partial charge in [-0.05, 0) is 36.2 Å². The summed E-state index contributed by atoms with van der Waals surface area (Å²) in [4.78, 5) is 3.97. The molecule has 23 heavy (non-hydrogen) atoms. The minimum atomic E-state index is 0.227. The van der Waals surface area contributed by atoms with Crippen LogP contribution >= 0.6 is 23.5 Å². The van der Waals surface area contributed by atoms with Crippen LogP contribution in [0.4, 0.5) is 0 Å². The lowest BCUT2D eigenvalue weighted by atomic mass is 10.1. The third kappa shape index (κ3) is 4.38. The molecule has 6 heteroatoms. The van der Waals surface area contributed by atoms with Gasteiger partial charge in [0, 0.05) is 16.4 Å². The van der Waals surface area contributed by atoms with Crippen molar-refractivity contribution in [3.63, 3.8) is 0 Å². The highest BCUT2D eigenvalue weighted by molar-refractivity contribution is 8.07. The van der Waals surface area contributed by atoms with Gasteiger partial charge in [0.25, 0.3) is 0 Å². The highest BCUT2D eigenvalue weighted by atomic mass is 32.2. The maximum atomic E-state index is 5.13. The summed E-state index contributed by atoms with van der Waals surface area (Å²) < 4.78 is 5.13. The van der Waals surface area contributed by atoms with Crippen molar-refractivity contribution in [1.82, 2.24) is 10.7 Å². The van der Waals surface area contributed by atoms with Crippen LogP contribution in [0.5, 0.6) is 0 Å². The van der Waals surface area contributed by atoms with Crippen molar-refractivity contribution in [1.29, 1.82) is 0 Å². The maximum absolute atomic E-state index is 5.13. The molecule has 2 aliphatic rings. The first kappa shape index (κ1) is 18.1. The predicted octanol–water partition coefficient (Wildman–Crippen LogP) is 3.97. The average Bonchev–Trinajstić information content (AvgIpc) is 2.88. The SMILES string of the molecule is C=C(/C=C(/CNC1=C2SC(CCC)=C(C)C2NN=C1)SC)OC. The molecule has 2 rings (SSSR count). The second-order valence-corrected chi connectivity index (χ2v) is 7.46. The van der Waals surface area contributed by atoms with Gasteiger partial charge in [0.15, 0.2) is 0 Å². The second-order valence-electron chi connectivity index (χ2n) is 5.40. The van der Waals surface area contributed by atoms with Crippen molar-refractivity contribution in [2.45, 2.75) is 32.7 Å². The number of methoxy groups -OCH3 is 1. The Labute approximate surface area is 147 Å². The van der Waals surface area contributed by atoms with Crippen LogP contribution < -0.4 is 10.7 Å². The molecule has 0 aromatic heterocycles. The molecular weight excluding hydrogens is 326 g/mol. The van der Waals surface area contributed by atoms with E-state index in [0.29, 0.717) is 5.76 Å². The summed E-state index contributed by atoms with van der Waals surface area (Å²) in [6.07, 6.45) is 8.20. The van der Waals surface area contributed by atoms with E-state index in [2.05, 4.69) is 42.5 Å². The molecule has 0 spiro atoms. The zero-order chi connectivity index (χ0) is 16.8. The van der Waals surface area contributed by atoms with E-state index in [1.54, 1.807) is 18.9 Å². The molecule has 4 nitrogen and oxygen atoms in total. The number of nitrogens with zero attached hydrogens (tertiary/aromatic N) is 1. The van der Waals surface area contributed by atoms with E-state index in [4.69, 9.17) is 4.74 Å². The van der Waals surface area contributed by atoms with Crippen molar-refractivity contribution < 1.29 is 4.74 Å². The third-order valence-electron chi connectivity index (χ3n) is 3.81. The zero-order valence-corrected chi connectivity index (χ0v) is 15.9. The fourth-order valence-corrected chi connectivity index (χ4v) is 4.35. The smallest absolute Gasteiger partial charge is 0.112 e. The molecule has 0 saturated carbocycles. The highest BCUT2D eigenvalue weighted by Crippen LogP contribution is 2.44. The molecule has 1 unspecified atom stereocenters. The normalized spacial score (nSPS) is 20.5. The van der Waals surface area contributed by atoms with E-state index < -0.39 is 0 Å². The molecule has 0 amide bonds. The first-order valence-corrected chi connectivity index (χ1v) is 9.76. The monoisotopic (exact) mass is 351 g/mol. The lowest BCUT2D eigenvalue weighted by Crippen LogP contribution is -2.33. The Hall–Kier alpha value is -1.27. The number of hydrogen-bond donors (Lipinski definition) is 2. The van der Waals surface area contributed by atoms with Gasteiger partial charge in [0.1, 0.15) is 5.76 Å². The Morgan fingerprint density at radius 2 is 2.39 bits per heavy atom. The first-order chi connectivity index (χ1) is 11.1. The van der Waals surface area contributed by atoms with Crippen LogP contribution in [0, 0.1) is 0 Å². The van der Waals surface area contributed by atoms with Gasteiger partial charge in [0.2, 0.25) is 0 Å². The van der Waals surface area contributed by atoms with Crippen LogP contribution in [0.1, 0.15) is 26.7 Å². The molecule has 2 aliphatic heterocycles. The van der Waals surface area contributed by atoms with Crippen LogP contribution in [-0.2, 0) is 4.74 Å². The van der Waals surface area contributed by atoms with Gasteiger partial charge in [-0.15, -0.1) is 11.8 Å². The van der Waals surface area contributed by atoms with Gasteiger partial charge in [0.05, 0.1) is 25.1 Å². The molecule has 0 bridgehead atoms. The maximum Gasteiger partial charge on any atom is 0.112 e. The van der Waals surface area contributed by atoms with Crippen molar-refractivity contribution in [2.75, 3.05) is 19.9 Å². The van der Waals surface area contributed by atoms with Gasteiger partial charge in [-0.2, -0.15) is 5.10 Å². The van der Waals surface area contributed by atoms with Gasteiger partial charge in [-0.25, -0.2) is 0 Å². The van der Waals surface area contributed by atoms with Gasteiger partial charge in [-0.1, -0.05) is 31.7 Å². The van der Waals surface area contributed by atoms with Crippen molar-refractivity contribution in [3.05, 3.63) is 44.4 Å². The summed E-state index contributed by atoms with van der Waals surface area (Å²) in [5.74, 6) is 0.670. The Morgan fingerprint density at radius 3 is 3.04 bits per heavy atom. The second kappa shape index (κ2) is 8.55. The van der Waals surface area contributed by atoms with Crippen LogP contribution in [-0.4, -0.2) is 32.2 Å². The molecule has 0 radical (unpaired) electrons. The van der Waals surface area contributed by atoms with E-state index in [1.807, 2.05) is 24.1 Å². The molecule has 126 valence electrons. The summed E-state index contributed by atoms with van der Waals surface area (Å²) in [7, 11) is 1.64. The number of hydrogen-bond acceptors (Lipinski definition) is 6. The first-order valence-electron chi connectivity index (χ1n) is 7.72. The standard InChI is InChI=1S/C17H25N3OS2/c1-6-7-15-12(3)16-17(23-15)14(10-19-20-16)18-9-13(22-5)8-11(2)21-4/h8,10,16,18,20H,2,6-7,9H2,1,3-5H3/b13-8-. The number of thioether (sulfide) groups is 2. The summed E-state index contributed by atoms with van der Waals surface area (Å²) in [5.41, 5.74) is 5.73. The van der Waals surface area contributed by atoms with Gasteiger partial charge >= 0.3 is 0 Å². The van der Waals surface area contributed by atoms with Crippen LogP contribution in [0.15, 0.2) is 49.5 Å². The van der Waals surface area contributed by atoms with Crippen LogP contribution in [0.3, 0.4) is 0 Å². The number of allylic oxidation sites excluding steroid dienone is 3. The fourth-order valence-electron chi connectivity index (χ4n) is 2.45. The molecule has 1 atom stereocenters. The van der Waals surface area contributed by atoms with Crippen molar-refractivity contribution >= 4 is 29.7 Å². The van der Waals surface area contributed by atoms with E-state index in [9.17, 15) is 0 Å². The van der Waals surface area contributed by atoms with Crippen LogP contribution in [0.2, 0.25) is 0 Å². The minimum absolute atomic E-state index is 0.227. The Morgan fingerprint density at radius 1 is 1.61 bits per heavy atom. The summed E-state index contributed by atoms with van der Waals surface area (Å²) in [5, 5.41) is 7.83. The summed E-state index contributed by atoms with van der Waals surface area (Å²) >= 11 is 3.58. The lowest BCUT2D eigenvalue weighted by Gasteiger charge is -2.21. The average molecular weight is 352 g/mol. The summed E-state index contributed by atoms with van der Waals surface area (Å²) in [6.45, 7) is 9.02. The van der Waals surface area contributed by atoms with Gasteiger partial charge < -0.3 is 10.1 Å². The predicted molar refractivity (Wildman–Crippen MR) is 103 cm³/mol. The van der Waals surface area contributed by atoms with Crippen molar-refractivity contribution in [3.8, 4) is 0 Å². The van der Waals surface area contributed by atoms with Crippen LogP contribution in [0.25, 0.3) is 0 Å². The third-order valence-corrected chi connectivity index (χ3v) is 6.04. The molecule has 2 N–H and O–H groups in total. The van der Waals surface area contributed by atoms with E-state index in [1.165, 1.54) is 26.7 Å². The molecule has 0 aromatic rings. The van der Waals surface area contributed by atoms with Crippen molar-refractivity contribution in [2.24, 2.45) is 5.10 Å². The zero-order valence-electron chi connectivity index (χ0n) is 14.2. The van der Waals surface area contributed by atoms with E-state index >= 15 is 0 Å². The Balaban J connectivity index is 2.09. The van der Waals surface area contributed by atoms with E-state index in [-0.39, 0.29) is 6.04 Å². The Kier molecular flexibility index (Phi) is 6.72. The lowest BCUT2D eigenvalue weighted by molar-refractivity contribution is 0.308. The number of ether oxygens (including phenoxy) is 1. The highest BCUT2D eigenvalue weighted by Gasteiger charge is 2.31. The largest absolute Gasteiger partial charge is 0.497 e. The molecule has 2 heterocycles. The minimum Gasteiger partial charge on any atom is -0.497 e. The molecule has 0 aromatic carbocycles. The fraction of sp³-hybridized carbons (Fsp3) is 0.471. The number of rotatable bonds is 8. The van der Waals surface area contributed by atoms with Gasteiger partial charge in [-0.3, -0.25) is 5.43 Å².